The molecule has 2 nitrogen and oxygen atoms in total. The maximum atomic E-state index is 13.4. The van der Waals surface area contributed by atoms with Gasteiger partial charge in [-0.15, -0.1) is 0 Å². The van der Waals surface area contributed by atoms with Gasteiger partial charge in [0.2, 0.25) is 0 Å². The maximum absolute atomic E-state index is 13.4. The van der Waals surface area contributed by atoms with Gasteiger partial charge in [0.15, 0.2) is 11.6 Å². The van der Waals surface area contributed by atoms with Crippen LogP contribution in [0.4, 0.5) is 10.1 Å². The Balaban J connectivity index is 2.19. The number of nitrogens with one attached hydrogen (secondary N) is 1. The fraction of sp³-hybridized carbons (Fsp3) is 0.294. The van der Waals surface area contributed by atoms with Crippen molar-refractivity contribution in [2.45, 2.75) is 26.3 Å². The number of methoxy groups -OCH3 is 1. The van der Waals surface area contributed by atoms with Crippen LogP contribution in [0.2, 0.25) is 0 Å². The highest BCUT2D eigenvalue weighted by atomic mass is 19.1. The molecule has 106 valence electrons. The van der Waals surface area contributed by atoms with E-state index in [2.05, 4.69) is 43.4 Å². The zero-order chi connectivity index (χ0) is 14.5. The van der Waals surface area contributed by atoms with Crippen LogP contribution in [0.1, 0.15) is 30.5 Å². The van der Waals surface area contributed by atoms with Crippen molar-refractivity contribution in [2.24, 2.45) is 0 Å². The van der Waals surface area contributed by atoms with Gasteiger partial charge in [-0.05, 0) is 31.0 Å². The molecule has 0 aliphatic rings. The van der Waals surface area contributed by atoms with Gasteiger partial charge < -0.3 is 10.1 Å². The Bertz CT molecular complexity index is 566. The molecule has 0 radical (unpaired) electrons. The number of halogens is 1. The van der Waals surface area contributed by atoms with Crippen LogP contribution in [0.15, 0.2) is 42.5 Å². The predicted molar refractivity (Wildman–Crippen MR) is 80.8 cm³/mol. The van der Waals surface area contributed by atoms with Crippen molar-refractivity contribution in [1.29, 1.82) is 0 Å². The molecule has 0 bridgehead atoms. The van der Waals surface area contributed by atoms with E-state index in [-0.39, 0.29) is 17.6 Å². The lowest BCUT2D eigenvalue weighted by Gasteiger charge is -2.19. The van der Waals surface area contributed by atoms with E-state index in [1.807, 2.05) is 0 Å². The molecule has 2 aromatic carbocycles. The topological polar surface area (TPSA) is 21.3 Å². The number of aryl methyl sites for hydroxylation is 1. The molecule has 2 rings (SSSR count). The fourth-order valence-corrected chi connectivity index (χ4v) is 2.17. The van der Waals surface area contributed by atoms with E-state index in [4.69, 9.17) is 4.74 Å². The molecule has 3 heteroatoms. The third-order valence-electron chi connectivity index (χ3n) is 3.38. The molecule has 0 aromatic heterocycles. The third-order valence-corrected chi connectivity index (χ3v) is 3.38. The Hall–Kier alpha value is -2.03. The molecule has 1 N–H and O–H groups in total. The second kappa shape index (κ2) is 6.42. The minimum atomic E-state index is -0.346. The molecular formula is C17H20FNO. The molecule has 0 spiro atoms. The van der Waals surface area contributed by atoms with E-state index in [0.717, 1.165) is 12.1 Å². The number of rotatable bonds is 5. The van der Waals surface area contributed by atoms with E-state index in [1.54, 1.807) is 12.1 Å². The Labute approximate surface area is 119 Å². The lowest BCUT2D eigenvalue weighted by Crippen LogP contribution is -2.09. The zero-order valence-corrected chi connectivity index (χ0v) is 12.1. The van der Waals surface area contributed by atoms with Crippen LogP contribution in [0, 0.1) is 12.7 Å². The van der Waals surface area contributed by atoms with Gasteiger partial charge in [0, 0.05) is 11.8 Å². The molecule has 0 aliphatic carbocycles. The highest BCUT2D eigenvalue weighted by molar-refractivity contribution is 5.50. The summed E-state index contributed by atoms with van der Waals surface area (Å²) < 4.78 is 18.4. The summed E-state index contributed by atoms with van der Waals surface area (Å²) >= 11 is 0. The first-order chi connectivity index (χ1) is 9.63. The van der Waals surface area contributed by atoms with Gasteiger partial charge in [0.05, 0.1) is 13.2 Å². The van der Waals surface area contributed by atoms with Crippen LogP contribution in [0.3, 0.4) is 0 Å². The van der Waals surface area contributed by atoms with Crippen LogP contribution >= 0.6 is 0 Å². The second-order valence-electron chi connectivity index (χ2n) is 4.87. The average molecular weight is 273 g/mol. The molecule has 1 atom stereocenters. The van der Waals surface area contributed by atoms with Crippen molar-refractivity contribution < 1.29 is 9.13 Å². The average Bonchev–Trinajstić information content (AvgIpc) is 2.47. The van der Waals surface area contributed by atoms with Crippen LogP contribution in [-0.4, -0.2) is 7.11 Å². The van der Waals surface area contributed by atoms with Crippen molar-refractivity contribution in [3.63, 3.8) is 0 Å². The summed E-state index contributed by atoms with van der Waals surface area (Å²) in [7, 11) is 1.47. The standard InChI is InChI=1S/C17H20FNO/c1-4-16(13-7-5-12(2)6-8-13)19-14-9-10-15(18)17(11-14)20-3/h5-11,16,19H,4H2,1-3H3. The Morgan fingerprint density at radius 1 is 1.15 bits per heavy atom. The summed E-state index contributed by atoms with van der Waals surface area (Å²) in [5, 5.41) is 3.42. The number of hydrogen-bond acceptors (Lipinski definition) is 2. The molecule has 0 heterocycles. The van der Waals surface area contributed by atoms with E-state index < -0.39 is 0 Å². The molecule has 1 unspecified atom stereocenters. The Kier molecular flexibility index (Phi) is 4.61. The second-order valence-corrected chi connectivity index (χ2v) is 4.87. The Morgan fingerprint density at radius 3 is 2.45 bits per heavy atom. The smallest absolute Gasteiger partial charge is 0.165 e. The number of hydrogen-bond donors (Lipinski definition) is 1. The van der Waals surface area contributed by atoms with Gasteiger partial charge in [-0.3, -0.25) is 0 Å². The number of anilines is 1. The van der Waals surface area contributed by atoms with Crippen LogP contribution < -0.4 is 10.1 Å². The largest absolute Gasteiger partial charge is 0.494 e. The van der Waals surface area contributed by atoms with E-state index in [0.29, 0.717) is 0 Å². The van der Waals surface area contributed by atoms with Crippen LogP contribution in [-0.2, 0) is 0 Å². The summed E-state index contributed by atoms with van der Waals surface area (Å²) in [5.74, 6) is -0.0878. The fourth-order valence-electron chi connectivity index (χ4n) is 2.17. The minimum Gasteiger partial charge on any atom is -0.494 e. The summed E-state index contributed by atoms with van der Waals surface area (Å²) in [5.41, 5.74) is 3.32. The van der Waals surface area contributed by atoms with Crippen LogP contribution in [0.25, 0.3) is 0 Å². The highest BCUT2D eigenvalue weighted by Crippen LogP contribution is 2.27. The first-order valence-corrected chi connectivity index (χ1v) is 6.80. The molecule has 2 aromatic rings. The normalized spacial score (nSPS) is 12.0. The molecule has 0 fully saturated rings. The van der Waals surface area contributed by atoms with Crippen molar-refractivity contribution in [3.8, 4) is 5.75 Å². The van der Waals surface area contributed by atoms with E-state index in [1.165, 1.54) is 24.3 Å². The van der Waals surface area contributed by atoms with Gasteiger partial charge >= 0.3 is 0 Å². The first-order valence-electron chi connectivity index (χ1n) is 6.80. The zero-order valence-electron chi connectivity index (χ0n) is 12.1. The predicted octanol–water partition coefficient (Wildman–Crippen LogP) is 4.71. The minimum absolute atomic E-state index is 0.200. The van der Waals surface area contributed by atoms with Crippen molar-refractivity contribution in [1.82, 2.24) is 0 Å². The van der Waals surface area contributed by atoms with Gasteiger partial charge in [0.25, 0.3) is 0 Å². The van der Waals surface area contributed by atoms with E-state index in [9.17, 15) is 4.39 Å². The lowest BCUT2D eigenvalue weighted by atomic mass is 10.0. The number of benzene rings is 2. The van der Waals surface area contributed by atoms with Crippen LogP contribution in [0.5, 0.6) is 5.75 Å². The summed E-state index contributed by atoms with van der Waals surface area (Å²) in [4.78, 5) is 0. The van der Waals surface area contributed by atoms with Crippen molar-refractivity contribution >= 4 is 5.69 Å². The quantitative estimate of drug-likeness (QED) is 0.852. The summed E-state index contributed by atoms with van der Waals surface area (Å²) in [6.45, 7) is 4.20. The van der Waals surface area contributed by atoms with Gasteiger partial charge in [0.1, 0.15) is 0 Å². The molecular weight excluding hydrogens is 253 g/mol. The summed E-state index contributed by atoms with van der Waals surface area (Å²) in [6.07, 6.45) is 0.947. The maximum Gasteiger partial charge on any atom is 0.165 e. The van der Waals surface area contributed by atoms with Gasteiger partial charge in [-0.25, -0.2) is 4.39 Å². The van der Waals surface area contributed by atoms with Gasteiger partial charge in [-0.1, -0.05) is 36.8 Å². The summed E-state index contributed by atoms with van der Waals surface area (Å²) in [6, 6.07) is 13.5. The van der Waals surface area contributed by atoms with E-state index >= 15 is 0 Å². The molecule has 20 heavy (non-hydrogen) atoms. The van der Waals surface area contributed by atoms with Crippen molar-refractivity contribution in [2.75, 3.05) is 12.4 Å². The molecule has 0 amide bonds. The monoisotopic (exact) mass is 273 g/mol. The first kappa shape index (κ1) is 14.4. The van der Waals surface area contributed by atoms with Crippen molar-refractivity contribution in [3.05, 3.63) is 59.4 Å². The lowest BCUT2D eigenvalue weighted by molar-refractivity contribution is 0.386. The number of ether oxygens (including phenoxy) is 1. The SMILES string of the molecule is CCC(Nc1ccc(F)c(OC)c1)c1ccc(C)cc1. The molecule has 0 aliphatic heterocycles. The third kappa shape index (κ3) is 3.29. The molecule has 0 saturated heterocycles. The van der Waals surface area contributed by atoms with Gasteiger partial charge in [-0.2, -0.15) is 0 Å². The Morgan fingerprint density at radius 2 is 1.85 bits per heavy atom. The molecule has 0 saturated carbocycles. The highest BCUT2D eigenvalue weighted by Gasteiger charge is 2.10.